The van der Waals surface area contributed by atoms with Gasteiger partial charge in [0.05, 0.1) is 11.3 Å². The van der Waals surface area contributed by atoms with Gasteiger partial charge in [-0.3, -0.25) is 4.99 Å². The Bertz CT molecular complexity index is 646. The number of allylic oxidation sites excluding steroid dienone is 1. The smallest absolute Gasteiger partial charge is 0.335 e. The Morgan fingerprint density at radius 3 is 2.30 bits per heavy atom. The summed E-state index contributed by atoms with van der Waals surface area (Å²) in [6.07, 6.45) is 3.64. The van der Waals surface area contributed by atoms with Crippen LogP contribution < -0.4 is 0 Å². The molecule has 2 aromatic rings. The summed E-state index contributed by atoms with van der Waals surface area (Å²) in [6, 6.07) is 16.3. The second kappa shape index (κ2) is 6.82. The first-order valence-corrected chi connectivity index (χ1v) is 6.74. The van der Waals surface area contributed by atoms with Crippen LogP contribution in [0, 0.1) is 0 Å². The molecule has 3 nitrogen and oxygen atoms in total. The van der Waals surface area contributed by atoms with Crippen LogP contribution in [-0.4, -0.2) is 17.3 Å². The van der Waals surface area contributed by atoms with Crippen LogP contribution in [-0.2, 0) is 0 Å². The highest BCUT2D eigenvalue weighted by Crippen LogP contribution is 2.15. The molecule has 0 fully saturated rings. The van der Waals surface area contributed by atoms with E-state index >= 15 is 0 Å². The van der Waals surface area contributed by atoms with Crippen LogP contribution in [0.2, 0.25) is 0 Å². The van der Waals surface area contributed by atoms with Crippen LogP contribution >= 0.6 is 15.9 Å². The molecule has 0 aliphatic carbocycles. The Morgan fingerprint density at radius 2 is 1.70 bits per heavy atom. The third-order valence-corrected chi connectivity index (χ3v) is 2.99. The van der Waals surface area contributed by atoms with Gasteiger partial charge in [-0.1, -0.05) is 30.3 Å². The van der Waals surface area contributed by atoms with Gasteiger partial charge < -0.3 is 5.11 Å². The van der Waals surface area contributed by atoms with Gasteiger partial charge in [0.25, 0.3) is 0 Å². The molecule has 0 spiro atoms. The van der Waals surface area contributed by atoms with Gasteiger partial charge >= 0.3 is 5.97 Å². The SMILES string of the molecule is O=C(O)c1ccc(N=C/C(Br)=C\c2ccccc2)cc1. The molecule has 0 aliphatic rings. The molecule has 0 radical (unpaired) electrons. The van der Waals surface area contributed by atoms with Crippen molar-refractivity contribution < 1.29 is 9.90 Å². The Kier molecular flexibility index (Phi) is 4.85. The second-order valence-corrected chi connectivity index (χ2v) is 4.97. The molecule has 0 unspecified atom stereocenters. The Labute approximate surface area is 125 Å². The molecular weight excluding hydrogens is 318 g/mol. The first-order valence-electron chi connectivity index (χ1n) is 5.95. The molecule has 2 rings (SSSR count). The monoisotopic (exact) mass is 329 g/mol. The van der Waals surface area contributed by atoms with E-state index in [2.05, 4.69) is 20.9 Å². The zero-order valence-electron chi connectivity index (χ0n) is 10.5. The molecule has 1 N–H and O–H groups in total. The van der Waals surface area contributed by atoms with Crippen molar-refractivity contribution in [2.75, 3.05) is 0 Å². The molecular formula is C16H12BrNO2. The summed E-state index contributed by atoms with van der Waals surface area (Å²) in [5.41, 5.74) is 2.03. The number of nitrogens with zero attached hydrogens (tertiary/aromatic N) is 1. The van der Waals surface area contributed by atoms with Crippen molar-refractivity contribution >= 4 is 39.9 Å². The van der Waals surface area contributed by atoms with E-state index in [1.165, 1.54) is 12.1 Å². The summed E-state index contributed by atoms with van der Waals surface area (Å²) in [5.74, 6) is -0.939. The summed E-state index contributed by atoms with van der Waals surface area (Å²) in [4.78, 5) is 15.0. The van der Waals surface area contributed by atoms with Crippen molar-refractivity contribution in [3.05, 3.63) is 70.2 Å². The van der Waals surface area contributed by atoms with E-state index in [1.54, 1.807) is 18.3 Å². The zero-order chi connectivity index (χ0) is 14.4. The molecule has 0 aromatic heterocycles. The highest BCUT2D eigenvalue weighted by atomic mass is 79.9. The van der Waals surface area contributed by atoms with Crippen molar-refractivity contribution in [3.63, 3.8) is 0 Å². The molecule has 0 bridgehead atoms. The van der Waals surface area contributed by atoms with Gasteiger partial charge in [-0.05, 0) is 51.8 Å². The Balaban J connectivity index is 2.09. The van der Waals surface area contributed by atoms with Gasteiger partial charge in [0.2, 0.25) is 0 Å². The lowest BCUT2D eigenvalue weighted by molar-refractivity contribution is 0.0697. The van der Waals surface area contributed by atoms with E-state index in [-0.39, 0.29) is 5.56 Å². The third-order valence-electron chi connectivity index (χ3n) is 2.56. The van der Waals surface area contributed by atoms with Crippen molar-refractivity contribution in [1.82, 2.24) is 0 Å². The third kappa shape index (κ3) is 4.17. The normalized spacial score (nSPS) is 11.8. The predicted molar refractivity (Wildman–Crippen MR) is 84.9 cm³/mol. The van der Waals surface area contributed by atoms with Gasteiger partial charge in [0.1, 0.15) is 0 Å². The number of hydrogen-bond donors (Lipinski definition) is 1. The first kappa shape index (κ1) is 14.2. The van der Waals surface area contributed by atoms with Crippen LogP contribution in [0.3, 0.4) is 0 Å². The lowest BCUT2D eigenvalue weighted by Crippen LogP contribution is -1.94. The summed E-state index contributed by atoms with van der Waals surface area (Å²) in [5, 5.41) is 8.80. The van der Waals surface area contributed by atoms with Crippen LogP contribution in [0.15, 0.2) is 64.1 Å². The molecule has 100 valence electrons. The summed E-state index contributed by atoms with van der Waals surface area (Å²) < 4.78 is 0.839. The second-order valence-electron chi connectivity index (χ2n) is 4.05. The van der Waals surface area contributed by atoms with E-state index in [9.17, 15) is 4.79 Å². The van der Waals surface area contributed by atoms with E-state index in [4.69, 9.17) is 5.11 Å². The van der Waals surface area contributed by atoms with Gasteiger partial charge in [-0.15, -0.1) is 0 Å². The number of benzene rings is 2. The van der Waals surface area contributed by atoms with Gasteiger partial charge in [-0.2, -0.15) is 0 Å². The van der Waals surface area contributed by atoms with Gasteiger partial charge in [-0.25, -0.2) is 4.79 Å². The molecule has 4 heteroatoms. The average Bonchev–Trinajstić information content (AvgIpc) is 2.46. The number of carboxylic acid groups (broad SMARTS) is 1. The fraction of sp³-hybridized carbons (Fsp3) is 0. The molecule has 0 heterocycles. The first-order chi connectivity index (χ1) is 9.65. The van der Waals surface area contributed by atoms with E-state index < -0.39 is 5.97 Å². The highest BCUT2D eigenvalue weighted by molar-refractivity contribution is 9.12. The number of rotatable bonds is 4. The minimum atomic E-state index is -0.939. The Hall–Kier alpha value is -2.20. The fourth-order valence-electron chi connectivity index (χ4n) is 1.57. The number of carbonyl (C=O) groups is 1. The quantitative estimate of drug-likeness (QED) is 0.838. The van der Waals surface area contributed by atoms with Crippen molar-refractivity contribution in [1.29, 1.82) is 0 Å². The fourth-order valence-corrected chi connectivity index (χ4v) is 1.94. The number of aliphatic imine (C=N–C) groups is 1. The maximum absolute atomic E-state index is 10.7. The van der Waals surface area contributed by atoms with Crippen LogP contribution in [0.4, 0.5) is 5.69 Å². The molecule has 2 aromatic carbocycles. The van der Waals surface area contributed by atoms with Crippen molar-refractivity contribution in [3.8, 4) is 0 Å². The van der Waals surface area contributed by atoms with Gasteiger partial charge in [0, 0.05) is 10.7 Å². The number of carboxylic acids is 1. The van der Waals surface area contributed by atoms with E-state index in [0.717, 1.165) is 10.0 Å². The molecule has 0 saturated heterocycles. The largest absolute Gasteiger partial charge is 0.478 e. The van der Waals surface area contributed by atoms with Gasteiger partial charge in [0.15, 0.2) is 0 Å². The summed E-state index contributed by atoms with van der Waals surface area (Å²) in [7, 11) is 0. The van der Waals surface area contributed by atoms with Crippen LogP contribution in [0.5, 0.6) is 0 Å². The molecule has 0 aliphatic heterocycles. The minimum absolute atomic E-state index is 0.253. The summed E-state index contributed by atoms with van der Waals surface area (Å²) in [6.45, 7) is 0. The lowest BCUT2D eigenvalue weighted by Gasteiger charge is -1.96. The molecule has 0 saturated carbocycles. The molecule has 0 atom stereocenters. The van der Waals surface area contributed by atoms with Crippen molar-refractivity contribution in [2.45, 2.75) is 0 Å². The highest BCUT2D eigenvalue weighted by Gasteiger charge is 2.00. The molecule has 0 amide bonds. The number of halogens is 1. The topological polar surface area (TPSA) is 49.7 Å². The number of hydrogen-bond acceptors (Lipinski definition) is 2. The zero-order valence-corrected chi connectivity index (χ0v) is 12.1. The van der Waals surface area contributed by atoms with Crippen LogP contribution in [0.25, 0.3) is 6.08 Å². The van der Waals surface area contributed by atoms with Crippen LogP contribution in [0.1, 0.15) is 15.9 Å². The lowest BCUT2D eigenvalue weighted by atomic mass is 10.2. The standard InChI is InChI=1S/C16H12BrNO2/c17-14(10-12-4-2-1-3-5-12)11-18-15-8-6-13(7-9-15)16(19)20/h1-11H,(H,19,20)/b14-10+,18-11?. The molecule has 20 heavy (non-hydrogen) atoms. The maximum atomic E-state index is 10.7. The maximum Gasteiger partial charge on any atom is 0.335 e. The average molecular weight is 330 g/mol. The Morgan fingerprint density at radius 1 is 1.05 bits per heavy atom. The number of aromatic carboxylic acids is 1. The van der Waals surface area contributed by atoms with E-state index in [0.29, 0.717) is 5.69 Å². The predicted octanol–water partition coefficient (Wildman–Crippen LogP) is 4.52. The van der Waals surface area contributed by atoms with Crippen molar-refractivity contribution in [2.24, 2.45) is 4.99 Å². The van der Waals surface area contributed by atoms with E-state index in [1.807, 2.05) is 36.4 Å². The minimum Gasteiger partial charge on any atom is -0.478 e. The summed E-state index contributed by atoms with van der Waals surface area (Å²) >= 11 is 3.43.